The number of hydrogen-bond donors (Lipinski definition) is 1. The molecule has 0 saturated carbocycles. The first-order valence-electron chi connectivity index (χ1n) is 11.0. The fraction of sp³-hybridized carbons (Fsp3) is 0.148. The second kappa shape index (κ2) is 12.2. The van der Waals surface area contributed by atoms with Gasteiger partial charge in [0, 0.05) is 27.0 Å². The predicted octanol–water partition coefficient (Wildman–Crippen LogP) is 7.64. The van der Waals surface area contributed by atoms with Crippen LogP contribution in [0.25, 0.3) is 0 Å². The molecule has 0 aliphatic carbocycles. The second-order valence-electron chi connectivity index (χ2n) is 7.61. The summed E-state index contributed by atoms with van der Waals surface area (Å²) in [6, 6.07) is 23.6. The maximum absolute atomic E-state index is 13.3. The van der Waals surface area contributed by atoms with E-state index in [1.807, 2.05) is 61.5 Å². The van der Waals surface area contributed by atoms with Crippen LogP contribution in [0, 0.1) is 6.92 Å². The van der Waals surface area contributed by atoms with E-state index < -0.39 is 0 Å². The third kappa shape index (κ3) is 7.34. The number of halogens is 1. The van der Waals surface area contributed by atoms with Crippen LogP contribution in [0.2, 0.25) is 0 Å². The SMILES string of the molecule is CCOc1ccc(NC(=O)c2nc(SCc3cccc(C)c3)ncc2Sc2ccc(Br)cc2)cc1. The lowest BCUT2D eigenvalue weighted by atomic mass is 10.2. The van der Waals surface area contributed by atoms with Crippen LogP contribution in [0.15, 0.2) is 98.4 Å². The molecule has 0 aliphatic heterocycles. The summed E-state index contributed by atoms with van der Waals surface area (Å²) in [7, 11) is 0. The highest BCUT2D eigenvalue weighted by atomic mass is 79.9. The fourth-order valence-electron chi connectivity index (χ4n) is 3.23. The summed E-state index contributed by atoms with van der Waals surface area (Å²) in [5, 5.41) is 3.52. The number of carbonyl (C=O) groups is 1. The van der Waals surface area contributed by atoms with Gasteiger partial charge in [-0.3, -0.25) is 4.79 Å². The lowest BCUT2D eigenvalue weighted by molar-refractivity contribution is 0.101. The van der Waals surface area contributed by atoms with Crippen molar-refractivity contribution < 1.29 is 9.53 Å². The zero-order valence-corrected chi connectivity index (χ0v) is 22.5. The van der Waals surface area contributed by atoms with Gasteiger partial charge < -0.3 is 10.1 Å². The van der Waals surface area contributed by atoms with Crippen molar-refractivity contribution in [2.24, 2.45) is 0 Å². The molecule has 8 heteroatoms. The van der Waals surface area contributed by atoms with Gasteiger partial charge in [-0.1, -0.05) is 69.3 Å². The van der Waals surface area contributed by atoms with Crippen molar-refractivity contribution in [1.29, 1.82) is 0 Å². The summed E-state index contributed by atoms with van der Waals surface area (Å²) >= 11 is 6.43. The summed E-state index contributed by atoms with van der Waals surface area (Å²) in [6.07, 6.45) is 1.73. The number of amides is 1. The van der Waals surface area contributed by atoms with Gasteiger partial charge >= 0.3 is 0 Å². The Morgan fingerprint density at radius 3 is 2.54 bits per heavy atom. The van der Waals surface area contributed by atoms with Crippen LogP contribution in [0.1, 0.15) is 28.5 Å². The maximum atomic E-state index is 13.3. The third-order valence-electron chi connectivity index (χ3n) is 4.86. The number of aromatic nitrogens is 2. The molecule has 4 aromatic rings. The van der Waals surface area contributed by atoms with Crippen molar-refractivity contribution in [3.05, 3.63) is 100 Å². The molecule has 1 aromatic heterocycles. The van der Waals surface area contributed by atoms with E-state index >= 15 is 0 Å². The first kappa shape index (κ1) is 25.3. The number of nitrogens with zero attached hydrogens (tertiary/aromatic N) is 2. The number of hydrogen-bond acceptors (Lipinski definition) is 6. The van der Waals surface area contributed by atoms with Gasteiger partial charge in [0.2, 0.25) is 0 Å². The smallest absolute Gasteiger partial charge is 0.275 e. The standard InChI is InChI=1S/C27H24BrN3O2S2/c1-3-33-22-11-9-21(10-12-22)30-26(32)25-24(35-23-13-7-20(28)8-14-23)16-29-27(31-25)34-17-19-6-4-5-18(2)15-19/h4-16H,3,17H2,1-2H3,(H,30,32). The van der Waals surface area contributed by atoms with Crippen molar-refractivity contribution >= 4 is 51.0 Å². The van der Waals surface area contributed by atoms with Crippen LogP contribution in [0.4, 0.5) is 5.69 Å². The zero-order chi connectivity index (χ0) is 24.6. The predicted molar refractivity (Wildman–Crippen MR) is 147 cm³/mol. The van der Waals surface area contributed by atoms with Gasteiger partial charge in [-0.15, -0.1) is 0 Å². The molecule has 0 radical (unpaired) electrons. The molecule has 0 fully saturated rings. The molecule has 4 rings (SSSR count). The molecule has 1 amide bonds. The summed E-state index contributed by atoms with van der Waals surface area (Å²) in [4.78, 5) is 24.2. The quantitative estimate of drug-likeness (QED) is 0.166. The highest BCUT2D eigenvalue weighted by Crippen LogP contribution is 2.32. The summed E-state index contributed by atoms with van der Waals surface area (Å²) < 4.78 is 6.48. The number of ether oxygens (including phenoxy) is 1. The third-order valence-corrected chi connectivity index (χ3v) is 7.35. The number of benzene rings is 3. The Morgan fingerprint density at radius 1 is 1.06 bits per heavy atom. The van der Waals surface area contributed by atoms with E-state index in [2.05, 4.69) is 56.3 Å². The number of aryl methyl sites for hydroxylation is 1. The van der Waals surface area contributed by atoms with Crippen LogP contribution in [0.3, 0.4) is 0 Å². The highest BCUT2D eigenvalue weighted by Gasteiger charge is 2.17. The topological polar surface area (TPSA) is 64.1 Å². The molecule has 1 N–H and O–H groups in total. The van der Waals surface area contributed by atoms with Crippen molar-refractivity contribution in [3.63, 3.8) is 0 Å². The number of anilines is 1. The van der Waals surface area contributed by atoms with E-state index in [0.29, 0.717) is 28.0 Å². The Kier molecular flexibility index (Phi) is 8.84. The lowest BCUT2D eigenvalue weighted by Crippen LogP contribution is -2.16. The first-order valence-corrected chi connectivity index (χ1v) is 13.6. The van der Waals surface area contributed by atoms with Crippen molar-refractivity contribution in [2.45, 2.75) is 34.5 Å². The fourth-order valence-corrected chi connectivity index (χ4v) is 5.12. The minimum atomic E-state index is -0.284. The monoisotopic (exact) mass is 565 g/mol. The molecule has 0 bridgehead atoms. The van der Waals surface area contributed by atoms with E-state index in [9.17, 15) is 4.79 Å². The van der Waals surface area contributed by atoms with Crippen LogP contribution in [0.5, 0.6) is 5.75 Å². The molecule has 1 heterocycles. The first-order chi connectivity index (χ1) is 17.0. The zero-order valence-electron chi connectivity index (χ0n) is 19.3. The lowest BCUT2D eigenvalue weighted by Gasteiger charge is -2.11. The van der Waals surface area contributed by atoms with Crippen LogP contribution in [-0.4, -0.2) is 22.5 Å². The van der Waals surface area contributed by atoms with Crippen LogP contribution < -0.4 is 10.1 Å². The van der Waals surface area contributed by atoms with Gasteiger partial charge in [-0.2, -0.15) is 0 Å². The van der Waals surface area contributed by atoms with E-state index in [0.717, 1.165) is 20.9 Å². The molecule has 0 saturated heterocycles. The average Bonchev–Trinajstić information content (AvgIpc) is 2.86. The number of thioether (sulfide) groups is 1. The Labute approximate surface area is 222 Å². The summed E-state index contributed by atoms with van der Waals surface area (Å²) in [5.41, 5.74) is 3.41. The Bertz CT molecular complexity index is 1300. The number of rotatable bonds is 9. The van der Waals surface area contributed by atoms with Gasteiger partial charge in [0.15, 0.2) is 5.16 Å². The molecule has 0 atom stereocenters. The molecule has 0 spiro atoms. The molecule has 3 aromatic carbocycles. The van der Waals surface area contributed by atoms with E-state index in [-0.39, 0.29) is 5.91 Å². The van der Waals surface area contributed by atoms with Crippen molar-refractivity contribution in [2.75, 3.05) is 11.9 Å². The second-order valence-corrected chi connectivity index (χ2v) is 10.6. The molecule has 0 aliphatic rings. The van der Waals surface area contributed by atoms with Gasteiger partial charge in [0.1, 0.15) is 11.4 Å². The van der Waals surface area contributed by atoms with Crippen molar-refractivity contribution in [1.82, 2.24) is 9.97 Å². The minimum absolute atomic E-state index is 0.284. The summed E-state index contributed by atoms with van der Waals surface area (Å²) in [5.74, 6) is 1.20. The molecular weight excluding hydrogens is 542 g/mol. The highest BCUT2D eigenvalue weighted by molar-refractivity contribution is 9.10. The summed E-state index contributed by atoms with van der Waals surface area (Å²) in [6.45, 7) is 4.60. The number of nitrogens with one attached hydrogen (secondary N) is 1. The van der Waals surface area contributed by atoms with E-state index in [1.165, 1.54) is 34.7 Å². The van der Waals surface area contributed by atoms with Crippen LogP contribution >= 0.6 is 39.5 Å². The molecule has 0 unspecified atom stereocenters. The Balaban J connectivity index is 1.57. The molecule has 35 heavy (non-hydrogen) atoms. The normalized spacial score (nSPS) is 10.7. The molecular formula is C27H24BrN3O2S2. The molecule has 178 valence electrons. The van der Waals surface area contributed by atoms with Gasteiger partial charge in [-0.25, -0.2) is 9.97 Å². The maximum Gasteiger partial charge on any atom is 0.275 e. The van der Waals surface area contributed by atoms with Gasteiger partial charge in [0.05, 0.1) is 11.5 Å². The average molecular weight is 567 g/mol. The molecule has 5 nitrogen and oxygen atoms in total. The van der Waals surface area contributed by atoms with Crippen molar-refractivity contribution in [3.8, 4) is 5.75 Å². The van der Waals surface area contributed by atoms with E-state index in [4.69, 9.17) is 4.74 Å². The minimum Gasteiger partial charge on any atom is -0.494 e. The Hall–Kier alpha value is -2.81. The largest absolute Gasteiger partial charge is 0.494 e. The van der Waals surface area contributed by atoms with E-state index in [1.54, 1.807) is 6.20 Å². The van der Waals surface area contributed by atoms with Crippen LogP contribution in [-0.2, 0) is 5.75 Å². The van der Waals surface area contributed by atoms with Gasteiger partial charge in [0.25, 0.3) is 5.91 Å². The number of carbonyl (C=O) groups excluding carboxylic acids is 1. The van der Waals surface area contributed by atoms with Gasteiger partial charge in [-0.05, 0) is 67.9 Å². The Morgan fingerprint density at radius 2 is 1.83 bits per heavy atom.